The van der Waals surface area contributed by atoms with E-state index in [-0.39, 0.29) is 50.7 Å². The number of benzene rings is 1. The zero-order valence-electron chi connectivity index (χ0n) is 28.0. The topological polar surface area (TPSA) is 121 Å². The molecule has 0 radical (unpaired) electrons. The highest BCUT2D eigenvalue weighted by molar-refractivity contribution is 6.30. The number of methoxy groups -OCH3 is 1. The van der Waals surface area contributed by atoms with E-state index < -0.39 is 29.7 Å². The molecule has 14 heteroatoms. The van der Waals surface area contributed by atoms with Gasteiger partial charge in [0.25, 0.3) is 5.91 Å². The molecule has 3 atom stereocenters. The first kappa shape index (κ1) is 38.4. The van der Waals surface area contributed by atoms with Crippen LogP contribution in [0.3, 0.4) is 0 Å². The summed E-state index contributed by atoms with van der Waals surface area (Å²) in [5, 5.41) is 8.66. The molecule has 4 rings (SSSR count). The Balaban J connectivity index is 1.38. The van der Waals surface area contributed by atoms with Crippen molar-refractivity contribution in [1.29, 1.82) is 0 Å². The zero-order valence-corrected chi connectivity index (χ0v) is 28.8. The summed E-state index contributed by atoms with van der Waals surface area (Å²) in [5.41, 5.74) is 0.907. The van der Waals surface area contributed by atoms with Crippen molar-refractivity contribution in [3.63, 3.8) is 0 Å². The van der Waals surface area contributed by atoms with Gasteiger partial charge in [-0.3, -0.25) is 24.7 Å². The van der Waals surface area contributed by atoms with Crippen LogP contribution in [0.1, 0.15) is 63.0 Å². The van der Waals surface area contributed by atoms with Crippen LogP contribution in [0.25, 0.3) is 0 Å². The van der Waals surface area contributed by atoms with Gasteiger partial charge in [0.05, 0.1) is 39.1 Å². The molecule has 0 aromatic heterocycles. The number of nitrogens with zero attached hydrogens (tertiary/aromatic N) is 2. The first-order valence-electron chi connectivity index (χ1n) is 17.3. The minimum Gasteiger partial charge on any atom is -0.453 e. The number of likely N-dealkylation sites (tertiary alicyclic amines) is 1. The molecule has 270 valence electrons. The molecule has 48 heavy (non-hydrogen) atoms. The van der Waals surface area contributed by atoms with Crippen molar-refractivity contribution in [2.45, 2.75) is 69.4 Å². The van der Waals surface area contributed by atoms with E-state index in [1.165, 1.54) is 7.11 Å². The van der Waals surface area contributed by atoms with Gasteiger partial charge in [-0.05, 0) is 49.4 Å². The second kappa shape index (κ2) is 19.7. The number of alkyl halides is 2. The van der Waals surface area contributed by atoms with Crippen LogP contribution < -0.4 is 16.0 Å². The molecule has 11 nitrogen and oxygen atoms in total. The summed E-state index contributed by atoms with van der Waals surface area (Å²) in [6.07, 6.45) is 6.02. The van der Waals surface area contributed by atoms with Crippen LogP contribution in [0.15, 0.2) is 24.3 Å². The SMILES string of the molecule is COC(=O)NCCOC(c1cccc(Cl)c1)C1CCCN(CNC(CC2CCCCC2)C(=O)C(F)(F)C(=O)NCCN2CCOCC2)C1. The van der Waals surface area contributed by atoms with E-state index in [0.717, 1.165) is 57.1 Å². The first-order chi connectivity index (χ1) is 23.2. The first-order valence-corrected chi connectivity index (χ1v) is 17.7. The Morgan fingerprint density at radius 2 is 1.79 bits per heavy atom. The Kier molecular flexibility index (Phi) is 15.7. The summed E-state index contributed by atoms with van der Waals surface area (Å²) in [4.78, 5) is 41.8. The van der Waals surface area contributed by atoms with Gasteiger partial charge in [0.15, 0.2) is 0 Å². The van der Waals surface area contributed by atoms with Crippen molar-refractivity contribution in [1.82, 2.24) is 25.8 Å². The Morgan fingerprint density at radius 1 is 1.02 bits per heavy atom. The zero-order chi connectivity index (χ0) is 34.4. The molecule has 3 fully saturated rings. The van der Waals surface area contributed by atoms with E-state index >= 15 is 8.78 Å². The number of rotatable bonds is 17. The van der Waals surface area contributed by atoms with Gasteiger partial charge in [0, 0.05) is 56.9 Å². The molecular weight excluding hydrogens is 648 g/mol. The summed E-state index contributed by atoms with van der Waals surface area (Å²) >= 11 is 6.32. The fraction of sp³-hybridized carbons (Fsp3) is 0.735. The van der Waals surface area contributed by atoms with Crippen LogP contribution in [-0.2, 0) is 23.8 Å². The average molecular weight is 700 g/mol. The van der Waals surface area contributed by atoms with E-state index in [1.807, 2.05) is 23.1 Å². The minimum atomic E-state index is -4.15. The third-order valence-corrected chi connectivity index (χ3v) is 9.82. The number of nitrogens with one attached hydrogen (secondary N) is 3. The van der Waals surface area contributed by atoms with Crippen LogP contribution >= 0.6 is 11.6 Å². The molecule has 2 aliphatic heterocycles. The second-order valence-electron chi connectivity index (χ2n) is 13.0. The molecule has 3 N–H and O–H groups in total. The van der Waals surface area contributed by atoms with Crippen LogP contribution in [0.5, 0.6) is 0 Å². The van der Waals surface area contributed by atoms with E-state index in [2.05, 4.69) is 25.6 Å². The normalized spacial score (nSPS) is 21.3. The van der Waals surface area contributed by atoms with Gasteiger partial charge >= 0.3 is 12.0 Å². The highest BCUT2D eigenvalue weighted by Gasteiger charge is 2.50. The van der Waals surface area contributed by atoms with E-state index in [9.17, 15) is 14.4 Å². The summed E-state index contributed by atoms with van der Waals surface area (Å²) in [5.74, 6) is -6.87. The molecule has 2 heterocycles. The Labute approximate surface area is 287 Å². The molecule has 1 saturated carbocycles. The lowest BCUT2D eigenvalue weighted by Gasteiger charge is -2.38. The fourth-order valence-corrected chi connectivity index (χ4v) is 7.15. The van der Waals surface area contributed by atoms with E-state index in [4.69, 9.17) is 21.1 Å². The Hall–Kier alpha value is -2.42. The molecule has 3 aliphatic rings. The monoisotopic (exact) mass is 699 g/mol. The number of alkyl carbamates (subject to hydrolysis) is 1. The lowest BCUT2D eigenvalue weighted by Crippen LogP contribution is -2.56. The third kappa shape index (κ3) is 11.9. The highest BCUT2D eigenvalue weighted by atomic mass is 35.5. The van der Waals surface area contributed by atoms with Gasteiger partial charge in [-0.15, -0.1) is 0 Å². The Bertz CT molecular complexity index is 1170. The number of piperidine rings is 1. The molecule has 2 amide bonds. The number of carbonyl (C=O) groups is 3. The number of amides is 2. The standard InChI is InChI=1S/C34H52ClF2N5O6/c1-46-33(45)39-13-18-48-30(26-9-5-11-28(35)22-26)27-10-6-14-42(23-27)24-40-29(21-25-7-3-2-4-8-25)31(43)34(36,37)32(44)38-12-15-41-16-19-47-20-17-41/h5,9,11,22,25,27,29-30,40H,2-4,6-8,10,12-21,23-24H2,1H3,(H,38,44)(H,39,45). The Morgan fingerprint density at radius 3 is 2.52 bits per heavy atom. The van der Waals surface area contributed by atoms with Crippen molar-refractivity contribution in [3.05, 3.63) is 34.9 Å². The minimum absolute atomic E-state index is 0.0339. The maximum atomic E-state index is 15.4. The fourth-order valence-electron chi connectivity index (χ4n) is 6.95. The van der Waals surface area contributed by atoms with Gasteiger partial charge in [-0.25, -0.2) is 4.79 Å². The number of Topliss-reactive ketones (excluding diaryl/α,β-unsaturated/α-hetero) is 1. The summed E-state index contributed by atoms with van der Waals surface area (Å²) in [6.45, 7) is 4.99. The largest absolute Gasteiger partial charge is 0.453 e. The van der Waals surface area contributed by atoms with Gasteiger partial charge in [0.1, 0.15) is 0 Å². The maximum Gasteiger partial charge on any atom is 0.406 e. The number of ketones is 1. The van der Waals surface area contributed by atoms with Crippen LogP contribution in [0, 0.1) is 11.8 Å². The number of carbonyl (C=O) groups excluding carboxylic acids is 3. The van der Waals surface area contributed by atoms with Crippen molar-refractivity contribution in [3.8, 4) is 0 Å². The molecule has 0 bridgehead atoms. The molecule has 1 aromatic carbocycles. The van der Waals surface area contributed by atoms with Crippen LogP contribution in [0.2, 0.25) is 5.02 Å². The number of morpholine rings is 1. The quantitative estimate of drug-likeness (QED) is 0.164. The predicted octanol–water partition coefficient (Wildman–Crippen LogP) is 4.00. The lowest BCUT2D eigenvalue weighted by atomic mass is 9.83. The molecule has 0 spiro atoms. The number of ether oxygens (including phenoxy) is 3. The molecule has 1 aromatic rings. The molecule has 1 aliphatic carbocycles. The summed E-state index contributed by atoms with van der Waals surface area (Å²) in [6, 6.07) is 6.32. The maximum absolute atomic E-state index is 15.4. The summed E-state index contributed by atoms with van der Waals surface area (Å²) in [7, 11) is 1.30. The molecule has 2 saturated heterocycles. The van der Waals surface area contributed by atoms with Gasteiger partial charge in [-0.1, -0.05) is 55.8 Å². The van der Waals surface area contributed by atoms with Crippen LogP contribution in [0.4, 0.5) is 13.6 Å². The predicted molar refractivity (Wildman–Crippen MR) is 178 cm³/mol. The van der Waals surface area contributed by atoms with Gasteiger partial charge in [0.2, 0.25) is 5.78 Å². The van der Waals surface area contributed by atoms with Crippen molar-refractivity contribution in [2.75, 3.05) is 79.4 Å². The van der Waals surface area contributed by atoms with Crippen molar-refractivity contribution < 1.29 is 37.4 Å². The smallest absolute Gasteiger partial charge is 0.406 e. The van der Waals surface area contributed by atoms with Crippen molar-refractivity contribution >= 4 is 29.4 Å². The number of hydrogen-bond acceptors (Lipinski definition) is 9. The number of hydrogen-bond donors (Lipinski definition) is 3. The van der Waals surface area contributed by atoms with Crippen molar-refractivity contribution in [2.24, 2.45) is 11.8 Å². The molecule has 3 unspecified atom stereocenters. The number of halogens is 3. The van der Waals surface area contributed by atoms with E-state index in [1.54, 1.807) is 6.07 Å². The molecular formula is C34H52ClF2N5O6. The summed E-state index contributed by atoms with van der Waals surface area (Å²) < 4.78 is 47.1. The lowest BCUT2D eigenvalue weighted by molar-refractivity contribution is -0.160. The third-order valence-electron chi connectivity index (χ3n) is 9.59. The second-order valence-corrected chi connectivity index (χ2v) is 13.5. The highest BCUT2D eigenvalue weighted by Crippen LogP contribution is 2.34. The van der Waals surface area contributed by atoms with E-state index in [0.29, 0.717) is 44.4 Å². The van der Waals surface area contributed by atoms with Gasteiger partial charge in [-0.2, -0.15) is 8.78 Å². The average Bonchev–Trinajstić information content (AvgIpc) is 3.10. The van der Waals surface area contributed by atoms with Gasteiger partial charge < -0.3 is 24.8 Å². The van der Waals surface area contributed by atoms with Crippen LogP contribution in [-0.4, -0.2) is 119 Å².